The molecular formula is C29H27BrN2O5. The van der Waals surface area contributed by atoms with Gasteiger partial charge in [-0.1, -0.05) is 45.8 Å². The van der Waals surface area contributed by atoms with Crippen molar-refractivity contribution >= 4 is 39.6 Å². The van der Waals surface area contributed by atoms with Crippen molar-refractivity contribution in [2.75, 3.05) is 18.5 Å². The minimum Gasteiger partial charge on any atom is -0.490 e. The van der Waals surface area contributed by atoms with Crippen molar-refractivity contribution in [2.45, 2.75) is 27.4 Å². The number of benzene rings is 3. The van der Waals surface area contributed by atoms with Gasteiger partial charge in [0.25, 0.3) is 5.91 Å². The van der Waals surface area contributed by atoms with E-state index >= 15 is 0 Å². The smallest absolute Gasteiger partial charge is 0.338 e. The van der Waals surface area contributed by atoms with Crippen LogP contribution in [0.15, 0.2) is 70.7 Å². The Labute approximate surface area is 224 Å². The molecule has 0 fully saturated rings. The number of amides is 1. The number of halogens is 1. The minimum absolute atomic E-state index is 0.106. The van der Waals surface area contributed by atoms with Gasteiger partial charge in [0.2, 0.25) is 0 Å². The zero-order valence-electron chi connectivity index (χ0n) is 20.8. The number of nitrogens with one attached hydrogen (secondary N) is 1. The van der Waals surface area contributed by atoms with Crippen molar-refractivity contribution < 1.29 is 23.8 Å². The van der Waals surface area contributed by atoms with Gasteiger partial charge < -0.3 is 19.5 Å². The third-order valence-corrected chi connectivity index (χ3v) is 5.85. The van der Waals surface area contributed by atoms with Crippen LogP contribution in [0.1, 0.15) is 40.9 Å². The third kappa shape index (κ3) is 7.69. The van der Waals surface area contributed by atoms with Crippen molar-refractivity contribution in [3.63, 3.8) is 0 Å². The summed E-state index contributed by atoms with van der Waals surface area (Å²) in [6, 6.07) is 19.7. The van der Waals surface area contributed by atoms with E-state index in [0.717, 1.165) is 11.1 Å². The molecule has 0 bridgehead atoms. The Kier molecular flexibility index (Phi) is 9.87. The summed E-state index contributed by atoms with van der Waals surface area (Å²) in [5.41, 5.74) is 3.45. The van der Waals surface area contributed by atoms with Crippen LogP contribution in [0.2, 0.25) is 0 Å². The first-order valence-corrected chi connectivity index (χ1v) is 12.5. The molecule has 8 heteroatoms. The predicted octanol–water partition coefficient (Wildman–Crippen LogP) is 6.46. The monoisotopic (exact) mass is 562 g/mol. The lowest BCUT2D eigenvalue weighted by atomic mass is 10.1. The average Bonchev–Trinajstić information content (AvgIpc) is 2.88. The molecule has 7 nitrogen and oxygen atoms in total. The zero-order chi connectivity index (χ0) is 26.8. The van der Waals surface area contributed by atoms with Crippen LogP contribution in [0, 0.1) is 18.3 Å². The molecule has 0 aliphatic carbocycles. The summed E-state index contributed by atoms with van der Waals surface area (Å²) in [5, 5.41) is 12.3. The molecule has 190 valence electrons. The van der Waals surface area contributed by atoms with Crippen LogP contribution in [-0.2, 0) is 16.1 Å². The molecule has 37 heavy (non-hydrogen) atoms. The van der Waals surface area contributed by atoms with Gasteiger partial charge in [0.15, 0.2) is 11.5 Å². The van der Waals surface area contributed by atoms with Crippen molar-refractivity contribution in [3.05, 3.63) is 93.0 Å². The quantitative estimate of drug-likeness (QED) is 0.173. The molecule has 0 spiro atoms. The lowest BCUT2D eigenvalue weighted by molar-refractivity contribution is -0.112. The van der Waals surface area contributed by atoms with E-state index in [9.17, 15) is 14.9 Å². The molecule has 1 N–H and O–H groups in total. The number of ether oxygens (including phenoxy) is 3. The topological polar surface area (TPSA) is 97.7 Å². The number of nitrogens with zero attached hydrogens (tertiary/aromatic N) is 1. The van der Waals surface area contributed by atoms with Gasteiger partial charge in [0.1, 0.15) is 18.2 Å². The minimum atomic E-state index is -0.587. The first kappa shape index (κ1) is 27.5. The fourth-order valence-electron chi connectivity index (χ4n) is 3.41. The van der Waals surface area contributed by atoms with Crippen molar-refractivity contribution in [1.82, 2.24) is 0 Å². The standard InChI is InChI=1S/C29H27BrN2O5/c1-4-35-26-15-22(25(30)16-27(26)37-18-20-8-6-7-19(3)13-20)14-23(17-31)28(33)32-24-11-9-21(10-12-24)29(34)36-5-2/h6-16H,4-5,18H2,1-3H3,(H,32,33)/b23-14+. The molecule has 0 saturated heterocycles. The van der Waals surface area contributed by atoms with Gasteiger partial charge in [0.05, 0.1) is 18.8 Å². The normalized spacial score (nSPS) is 10.8. The molecule has 3 rings (SSSR count). The highest BCUT2D eigenvalue weighted by atomic mass is 79.9. The maximum Gasteiger partial charge on any atom is 0.338 e. The largest absolute Gasteiger partial charge is 0.490 e. The second kappa shape index (κ2) is 13.3. The van der Waals surface area contributed by atoms with E-state index < -0.39 is 11.9 Å². The predicted molar refractivity (Wildman–Crippen MR) is 145 cm³/mol. The van der Waals surface area contributed by atoms with Crippen molar-refractivity contribution in [3.8, 4) is 17.6 Å². The van der Waals surface area contributed by atoms with Crippen molar-refractivity contribution in [1.29, 1.82) is 5.26 Å². The van der Waals surface area contributed by atoms with Gasteiger partial charge in [-0.15, -0.1) is 0 Å². The lowest BCUT2D eigenvalue weighted by Crippen LogP contribution is -2.13. The number of aryl methyl sites for hydroxylation is 1. The van der Waals surface area contributed by atoms with Crippen LogP contribution in [0.5, 0.6) is 11.5 Å². The van der Waals surface area contributed by atoms with E-state index in [0.29, 0.717) is 46.0 Å². The summed E-state index contributed by atoms with van der Waals surface area (Å²) in [6.45, 7) is 6.67. The fourth-order valence-corrected chi connectivity index (χ4v) is 3.85. The Bertz CT molecular complexity index is 1340. The number of hydrogen-bond acceptors (Lipinski definition) is 6. The molecule has 0 aliphatic rings. The molecule has 3 aromatic rings. The average molecular weight is 563 g/mol. The van der Waals surface area contributed by atoms with Gasteiger partial charge in [-0.25, -0.2) is 4.79 Å². The molecule has 0 unspecified atom stereocenters. The number of hydrogen-bond donors (Lipinski definition) is 1. The van der Waals surface area contributed by atoms with Gasteiger partial charge >= 0.3 is 5.97 Å². The van der Waals surface area contributed by atoms with E-state index in [1.807, 2.05) is 38.1 Å². The highest BCUT2D eigenvalue weighted by molar-refractivity contribution is 9.10. The summed E-state index contributed by atoms with van der Waals surface area (Å²) in [6.07, 6.45) is 1.47. The maximum atomic E-state index is 12.8. The number of esters is 1. The first-order valence-electron chi connectivity index (χ1n) is 11.7. The first-order chi connectivity index (χ1) is 17.8. The molecule has 0 heterocycles. The SMILES string of the molecule is CCOC(=O)c1ccc(NC(=O)/C(C#N)=C/c2cc(OCC)c(OCc3cccc(C)c3)cc2Br)cc1. The van der Waals surface area contributed by atoms with Crippen LogP contribution in [0.3, 0.4) is 0 Å². The van der Waals surface area contributed by atoms with Crippen molar-refractivity contribution in [2.24, 2.45) is 0 Å². The summed E-state index contributed by atoms with van der Waals surface area (Å²) < 4.78 is 17.4. The molecule has 1 amide bonds. The van der Waals surface area contributed by atoms with E-state index in [2.05, 4.69) is 27.3 Å². The second-order valence-corrected chi connectivity index (χ2v) is 8.81. The highest BCUT2D eigenvalue weighted by Gasteiger charge is 2.15. The van der Waals surface area contributed by atoms with Gasteiger partial charge in [-0.3, -0.25) is 4.79 Å². The Morgan fingerprint density at radius 2 is 1.73 bits per heavy atom. The lowest BCUT2D eigenvalue weighted by Gasteiger charge is -2.14. The number of carbonyl (C=O) groups excluding carboxylic acids is 2. The summed E-state index contributed by atoms with van der Waals surface area (Å²) >= 11 is 3.51. The van der Waals surface area contributed by atoms with Gasteiger partial charge in [-0.2, -0.15) is 5.26 Å². The number of rotatable bonds is 10. The Morgan fingerprint density at radius 1 is 1.00 bits per heavy atom. The maximum absolute atomic E-state index is 12.8. The molecule has 0 atom stereocenters. The van der Waals surface area contributed by atoms with E-state index in [1.54, 1.807) is 43.3 Å². The van der Waals surface area contributed by atoms with Crippen LogP contribution in [0.25, 0.3) is 6.08 Å². The van der Waals surface area contributed by atoms with E-state index in [1.165, 1.54) is 6.08 Å². The molecule has 0 aromatic heterocycles. The second-order valence-electron chi connectivity index (χ2n) is 7.95. The Hall–Kier alpha value is -4.09. The van der Waals surface area contributed by atoms with Crippen LogP contribution >= 0.6 is 15.9 Å². The summed E-state index contributed by atoms with van der Waals surface area (Å²) in [4.78, 5) is 24.6. The van der Waals surface area contributed by atoms with Crippen LogP contribution < -0.4 is 14.8 Å². The Balaban J connectivity index is 1.79. The molecule has 0 saturated carbocycles. The van der Waals surface area contributed by atoms with Gasteiger partial charge in [-0.05, 0) is 74.4 Å². The molecule has 0 aliphatic heterocycles. The Morgan fingerprint density at radius 3 is 2.38 bits per heavy atom. The van der Waals surface area contributed by atoms with Gasteiger partial charge in [0, 0.05) is 10.2 Å². The summed E-state index contributed by atoms with van der Waals surface area (Å²) in [7, 11) is 0. The number of nitriles is 1. The fraction of sp³-hybridized carbons (Fsp3) is 0.207. The zero-order valence-corrected chi connectivity index (χ0v) is 22.4. The molecule has 0 radical (unpaired) electrons. The van der Waals surface area contributed by atoms with Crippen LogP contribution in [0.4, 0.5) is 5.69 Å². The summed E-state index contributed by atoms with van der Waals surface area (Å²) in [5.74, 6) is 0.00384. The molecule has 3 aromatic carbocycles. The number of carbonyl (C=O) groups is 2. The van der Waals surface area contributed by atoms with Crippen LogP contribution in [-0.4, -0.2) is 25.1 Å². The number of anilines is 1. The van der Waals surface area contributed by atoms with E-state index in [4.69, 9.17) is 14.2 Å². The molecular weight excluding hydrogens is 536 g/mol. The third-order valence-electron chi connectivity index (χ3n) is 5.16. The van der Waals surface area contributed by atoms with E-state index in [-0.39, 0.29) is 12.2 Å². The highest BCUT2D eigenvalue weighted by Crippen LogP contribution is 2.35.